The molecule has 2 aromatic carbocycles. The van der Waals surface area contributed by atoms with E-state index in [1.807, 2.05) is 37.3 Å². The lowest BCUT2D eigenvalue weighted by atomic mass is 9.99. The van der Waals surface area contributed by atoms with Gasteiger partial charge in [-0.2, -0.15) is 0 Å². The predicted octanol–water partition coefficient (Wildman–Crippen LogP) is 3.28. The second kappa shape index (κ2) is 8.86. The third-order valence-corrected chi connectivity index (χ3v) is 5.92. The molecular weight excluding hydrogens is 422 g/mol. The number of anilines is 2. The van der Waals surface area contributed by atoms with E-state index in [0.29, 0.717) is 36.6 Å². The average molecular weight is 452 g/mol. The van der Waals surface area contributed by atoms with Crippen molar-refractivity contribution in [3.8, 4) is 11.1 Å². The van der Waals surface area contributed by atoms with Crippen LogP contribution in [0.2, 0.25) is 0 Å². The maximum atomic E-state index is 12.8. The molecule has 0 aromatic heterocycles. The Kier molecular flexibility index (Phi) is 6.12. The van der Waals surface area contributed by atoms with E-state index in [-0.39, 0.29) is 24.0 Å². The third-order valence-electron chi connectivity index (χ3n) is 5.92. The van der Waals surface area contributed by atoms with E-state index < -0.39 is 12.2 Å². The Hall–Kier alpha value is -3.39. The van der Waals surface area contributed by atoms with Crippen molar-refractivity contribution in [3.05, 3.63) is 48.0 Å². The van der Waals surface area contributed by atoms with Crippen LogP contribution in [0.5, 0.6) is 0 Å². The van der Waals surface area contributed by atoms with Crippen LogP contribution in [0.3, 0.4) is 0 Å². The molecule has 1 saturated heterocycles. The number of likely N-dealkylation sites (tertiary alicyclic amines) is 1. The van der Waals surface area contributed by atoms with Gasteiger partial charge in [0.05, 0.1) is 29.6 Å². The maximum Gasteiger partial charge on any atom is 0.414 e. The number of hydrogen-bond donors (Lipinski definition) is 1. The first kappa shape index (κ1) is 22.8. The minimum atomic E-state index is -0.448. The molecule has 0 radical (unpaired) electrons. The molecule has 174 valence electrons. The molecule has 8 heteroatoms. The normalized spacial score (nSPS) is 18.1. The van der Waals surface area contributed by atoms with Crippen molar-refractivity contribution in [2.24, 2.45) is 0 Å². The molecule has 0 spiro atoms. The zero-order chi connectivity index (χ0) is 23.9. The number of aliphatic hydroxyl groups is 1. The molecule has 1 fully saturated rings. The van der Waals surface area contributed by atoms with Gasteiger partial charge in [0.2, 0.25) is 5.91 Å². The van der Waals surface area contributed by atoms with E-state index in [1.54, 1.807) is 40.7 Å². The number of hydrogen-bond acceptors (Lipinski definition) is 5. The van der Waals surface area contributed by atoms with Crippen LogP contribution in [-0.4, -0.2) is 65.8 Å². The van der Waals surface area contributed by atoms with Gasteiger partial charge in [0.15, 0.2) is 0 Å². The highest BCUT2D eigenvalue weighted by Gasteiger charge is 2.35. The first-order valence-corrected chi connectivity index (χ1v) is 11.2. The molecular formula is C25H29N3O5. The first-order chi connectivity index (χ1) is 15.7. The summed E-state index contributed by atoms with van der Waals surface area (Å²) in [7, 11) is 0. The SMILES string of the molecule is CC(=O)N1c2ccc(-c3ccc(C(=O)N4CC(O)C4)cc3)cc2N(C(=O)OC(C)C)C[C@@H]1C. The Labute approximate surface area is 193 Å². The number of carbonyl (C=O) groups is 3. The summed E-state index contributed by atoms with van der Waals surface area (Å²) in [6.45, 7) is 8.07. The number of ether oxygens (including phenoxy) is 1. The number of amides is 3. The molecule has 0 aliphatic carbocycles. The summed E-state index contributed by atoms with van der Waals surface area (Å²) in [6, 6.07) is 12.7. The fourth-order valence-electron chi connectivity index (χ4n) is 4.33. The molecule has 1 N–H and O–H groups in total. The molecule has 0 unspecified atom stereocenters. The molecule has 2 aromatic rings. The monoisotopic (exact) mass is 451 g/mol. The van der Waals surface area contributed by atoms with E-state index in [9.17, 15) is 19.5 Å². The van der Waals surface area contributed by atoms with E-state index in [0.717, 1.165) is 11.1 Å². The highest BCUT2D eigenvalue weighted by molar-refractivity contribution is 6.03. The summed E-state index contributed by atoms with van der Waals surface area (Å²) in [5.41, 5.74) is 3.56. The minimum Gasteiger partial charge on any atom is -0.446 e. The topological polar surface area (TPSA) is 90.4 Å². The van der Waals surface area contributed by atoms with Crippen molar-refractivity contribution in [3.63, 3.8) is 0 Å². The molecule has 1 atom stereocenters. The summed E-state index contributed by atoms with van der Waals surface area (Å²) in [5.74, 6) is -0.196. The highest BCUT2D eigenvalue weighted by Crippen LogP contribution is 2.39. The summed E-state index contributed by atoms with van der Waals surface area (Å²) >= 11 is 0. The van der Waals surface area contributed by atoms with Crippen molar-refractivity contribution in [2.75, 3.05) is 29.4 Å². The number of nitrogens with zero attached hydrogens (tertiary/aromatic N) is 3. The Bertz CT molecular complexity index is 1080. The van der Waals surface area contributed by atoms with Crippen LogP contribution in [0.1, 0.15) is 38.1 Å². The molecule has 0 bridgehead atoms. The minimum absolute atomic E-state index is 0.0904. The van der Waals surface area contributed by atoms with Gasteiger partial charge >= 0.3 is 6.09 Å². The van der Waals surface area contributed by atoms with Crippen molar-refractivity contribution < 1.29 is 24.2 Å². The molecule has 3 amide bonds. The zero-order valence-corrected chi connectivity index (χ0v) is 19.3. The van der Waals surface area contributed by atoms with E-state index >= 15 is 0 Å². The summed E-state index contributed by atoms with van der Waals surface area (Å²) in [4.78, 5) is 42.5. The molecule has 2 aliphatic heterocycles. The van der Waals surface area contributed by atoms with Crippen molar-refractivity contribution in [2.45, 2.75) is 45.9 Å². The van der Waals surface area contributed by atoms with Gasteiger partial charge in [-0.05, 0) is 56.2 Å². The number of β-amino-alcohol motifs (C(OH)–C–C–N with tert-alkyl or cyclic N) is 1. The zero-order valence-electron chi connectivity index (χ0n) is 19.3. The van der Waals surface area contributed by atoms with Gasteiger partial charge in [-0.1, -0.05) is 18.2 Å². The van der Waals surface area contributed by atoms with Crippen molar-refractivity contribution >= 4 is 29.3 Å². The lowest BCUT2D eigenvalue weighted by molar-refractivity contribution is -0.117. The van der Waals surface area contributed by atoms with Crippen LogP contribution < -0.4 is 9.80 Å². The Morgan fingerprint density at radius 3 is 2.18 bits per heavy atom. The van der Waals surface area contributed by atoms with Crippen LogP contribution in [0.15, 0.2) is 42.5 Å². The van der Waals surface area contributed by atoms with Crippen LogP contribution in [0.4, 0.5) is 16.2 Å². The lowest BCUT2D eigenvalue weighted by Crippen LogP contribution is -2.53. The smallest absolute Gasteiger partial charge is 0.414 e. The molecule has 33 heavy (non-hydrogen) atoms. The number of carbonyl (C=O) groups excluding carboxylic acids is 3. The standard InChI is InChI=1S/C25H29N3O5/c1-15(2)33-25(32)27-12-16(3)28(17(4)29)22-10-9-20(11-23(22)27)18-5-7-19(8-6-18)24(31)26-13-21(30)14-26/h5-11,15-16,21,30H,12-14H2,1-4H3/t16-/m0/s1. The first-order valence-electron chi connectivity index (χ1n) is 11.2. The summed E-state index contributed by atoms with van der Waals surface area (Å²) in [6.07, 6.45) is -1.15. The van der Waals surface area contributed by atoms with Crippen LogP contribution >= 0.6 is 0 Å². The van der Waals surface area contributed by atoms with Gasteiger partial charge in [0.25, 0.3) is 5.91 Å². The summed E-state index contributed by atoms with van der Waals surface area (Å²) in [5, 5.41) is 9.43. The number of aliphatic hydroxyl groups excluding tert-OH is 1. The summed E-state index contributed by atoms with van der Waals surface area (Å²) < 4.78 is 5.45. The van der Waals surface area contributed by atoms with Crippen LogP contribution in [0.25, 0.3) is 11.1 Å². The van der Waals surface area contributed by atoms with E-state index in [4.69, 9.17) is 4.74 Å². The third kappa shape index (κ3) is 4.43. The maximum absolute atomic E-state index is 12.8. The Balaban J connectivity index is 1.66. The predicted molar refractivity (Wildman–Crippen MR) is 125 cm³/mol. The quantitative estimate of drug-likeness (QED) is 0.774. The van der Waals surface area contributed by atoms with E-state index in [1.165, 1.54) is 6.92 Å². The average Bonchev–Trinajstić information content (AvgIpc) is 2.75. The second-order valence-electron chi connectivity index (χ2n) is 8.93. The highest BCUT2D eigenvalue weighted by atomic mass is 16.6. The van der Waals surface area contributed by atoms with Crippen molar-refractivity contribution in [1.29, 1.82) is 0 Å². The molecule has 2 heterocycles. The number of benzene rings is 2. The largest absolute Gasteiger partial charge is 0.446 e. The van der Waals surface area contributed by atoms with Crippen molar-refractivity contribution in [1.82, 2.24) is 4.90 Å². The van der Waals surface area contributed by atoms with E-state index in [2.05, 4.69) is 0 Å². The van der Waals surface area contributed by atoms with Gasteiger partial charge in [-0.15, -0.1) is 0 Å². The second-order valence-corrected chi connectivity index (χ2v) is 8.93. The molecule has 4 rings (SSSR count). The molecule has 8 nitrogen and oxygen atoms in total. The number of fused-ring (bicyclic) bond motifs is 1. The van der Waals surface area contributed by atoms with Gasteiger partial charge in [-0.3, -0.25) is 14.5 Å². The van der Waals surface area contributed by atoms with Gasteiger partial charge in [-0.25, -0.2) is 4.79 Å². The van der Waals surface area contributed by atoms with Gasteiger partial charge in [0, 0.05) is 32.1 Å². The number of rotatable bonds is 3. The van der Waals surface area contributed by atoms with Gasteiger partial charge < -0.3 is 19.6 Å². The van der Waals surface area contributed by atoms with Crippen LogP contribution in [0, 0.1) is 0 Å². The molecule has 0 saturated carbocycles. The fraction of sp³-hybridized carbons (Fsp3) is 0.400. The fourth-order valence-corrected chi connectivity index (χ4v) is 4.33. The lowest BCUT2D eigenvalue weighted by Gasteiger charge is -2.40. The Morgan fingerprint density at radius 2 is 1.61 bits per heavy atom. The Morgan fingerprint density at radius 1 is 0.970 bits per heavy atom. The molecule has 2 aliphatic rings. The van der Waals surface area contributed by atoms with Gasteiger partial charge in [0.1, 0.15) is 0 Å². The van der Waals surface area contributed by atoms with Crippen LogP contribution in [-0.2, 0) is 9.53 Å².